The number of hydrogen-bond acceptors (Lipinski definition) is 6. The minimum Gasteiger partial charge on any atom is -0.319 e. The Morgan fingerprint density at radius 3 is 2.60 bits per heavy atom. The molecule has 0 radical (unpaired) electrons. The summed E-state index contributed by atoms with van der Waals surface area (Å²) in [6.45, 7) is 1.70. The number of halogens is 2. The second kappa shape index (κ2) is 9.54. The van der Waals surface area contributed by atoms with Gasteiger partial charge in [-0.25, -0.2) is 4.98 Å². The van der Waals surface area contributed by atoms with Crippen LogP contribution in [0.3, 0.4) is 0 Å². The van der Waals surface area contributed by atoms with E-state index in [1.807, 2.05) is 6.07 Å². The summed E-state index contributed by atoms with van der Waals surface area (Å²) in [4.78, 5) is 40.2. The van der Waals surface area contributed by atoms with Crippen LogP contribution in [0.5, 0.6) is 0 Å². The average molecular weight is 554 g/mol. The zero-order valence-corrected chi connectivity index (χ0v) is 19.5. The van der Waals surface area contributed by atoms with Gasteiger partial charge in [0.25, 0.3) is 11.2 Å². The number of para-hydroxylation sites is 1. The van der Waals surface area contributed by atoms with Gasteiger partial charge in [0.1, 0.15) is 5.69 Å². The molecule has 0 aliphatic carbocycles. The second-order valence-electron chi connectivity index (χ2n) is 6.06. The first-order valence-electron chi connectivity index (χ1n) is 8.48. The van der Waals surface area contributed by atoms with Crippen molar-refractivity contribution in [3.05, 3.63) is 83.6 Å². The first-order valence-corrected chi connectivity index (χ1v) is 11.1. The number of hydrogen-bond donors (Lipinski definition) is 1. The molecule has 3 aromatic rings. The van der Waals surface area contributed by atoms with Gasteiger partial charge in [0, 0.05) is 26.8 Å². The van der Waals surface area contributed by atoms with Crippen LogP contribution in [0.1, 0.15) is 5.69 Å². The molecule has 30 heavy (non-hydrogen) atoms. The van der Waals surface area contributed by atoms with Crippen LogP contribution in [0.2, 0.25) is 0 Å². The Kier molecular flexibility index (Phi) is 7.06. The monoisotopic (exact) mass is 552 g/mol. The molecule has 0 spiro atoms. The molecule has 2 aromatic carbocycles. The first-order chi connectivity index (χ1) is 14.3. The Balaban J connectivity index is 1.85. The van der Waals surface area contributed by atoms with Crippen molar-refractivity contribution in [3.8, 4) is 5.69 Å². The standard InChI is InChI=1S/C19H14Br2N4O4S/c1-11-7-17(27)24(13-5-3-2-4-6-13)19(22-11)30-10-16(26)23-18-14(21)8-12(20)9-15(18)25(28)29/h2-9H,10H2,1H3,(H,23,26). The number of thioether (sulfide) groups is 1. The number of carbonyl (C=O) groups is 1. The van der Waals surface area contributed by atoms with Crippen molar-refractivity contribution in [2.75, 3.05) is 11.1 Å². The average Bonchev–Trinajstić information content (AvgIpc) is 2.68. The SMILES string of the molecule is Cc1cc(=O)n(-c2ccccc2)c(SCC(=O)Nc2c(Br)cc(Br)cc2[N+](=O)[O-])n1. The van der Waals surface area contributed by atoms with Crippen molar-refractivity contribution in [3.63, 3.8) is 0 Å². The zero-order valence-electron chi connectivity index (χ0n) is 15.5. The van der Waals surface area contributed by atoms with Crippen molar-refractivity contribution >= 4 is 60.9 Å². The lowest BCUT2D eigenvalue weighted by Gasteiger charge is -2.12. The van der Waals surface area contributed by atoms with Gasteiger partial charge >= 0.3 is 0 Å². The highest BCUT2D eigenvalue weighted by Gasteiger charge is 2.21. The smallest absolute Gasteiger partial charge is 0.295 e. The highest BCUT2D eigenvalue weighted by molar-refractivity contribution is 9.11. The third kappa shape index (κ3) is 5.15. The number of nitro groups is 1. The number of rotatable bonds is 6. The van der Waals surface area contributed by atoms with E-state index in [2.05, 4.69) is 42.2 Å². The van der Waals surface area contributed by atoms with E-state index in [1.165, 1.54) is 16.7 Å². The van der Waals surface area contributed by atoms with Gasteiger partial charge in [-0.3, -0.25) is 24.3 Å². The summed E-state index contributed by atoms with van der Waals surface area (Å²) in [5, 5.41) is 14.2. The summed E-state index contributed by atoms with van der Waals surface area (Å²) < 4.78 is 2.30. The molecule has 154 valence electrons. The molecular weight excluding hydrogens is 540 g/mol. The van der Waals surface area contributed by atoms with Crippen molar-refractivity contribution < 1.29 is 9.72 Å². The Bertz CT molecular complexity index is 1190. The minimum absolute atomic E-state index is 0.0615. The topological polar surface area (TPSA) is 107 Å². The number of aromatic nitrogens is 2. The third-order valence-electron chi connectivity index (χ3n) is 3.86. The normalized spacial score (nSPS) is 10.6. The van der Waals surface area contributed by atoms with Gasteiger partial charge in [-0.1, -0.05) is 45.9 Å². The number of carbonyl (C=O) groups excluding carboxylic acids is 1. The van der Waals surface area contributed by atoms with Crippen LogP contribution in [-0.4, -0.2) is 26.1 Å². The number of amides is 1. The maximum absolute atomic E-state index is 12.5. The number of nitro benzene ring substituents is 1. The lowest BCUT2D eigenvalue weighted by molar-refractivity contribution is -0.384. The second-order valence-corrected chi connectivity index (χ2v) is 8.78. The number of benzene rings is 2. The summed E-state index contributed by atoms with van der Waals surface area (Å²) in [5.74, 6) is -0.566. The molecule has 11 heteroatoms. The van der Waals surface area contributed by atoms with Gasteiger partial charge in [-0.05, 0) is 41.1 Å². The molecule has 1 aromatic heterocycles. The highest BCUT2D eigenvalue weighted by atomic mass is 79.9. The molecule has 8 nitrogen and oxygen atoms in total. The van der Waals surface area contributed by atoms with Crippen molar-refractivity contribution in [2.24, 2.45) is 0 Å². The molecule has 0 atom stereocenters. The van der Waals surface area contributed by atoms with E-state index in [-0.39, 0.29) is 22.7 Å². The molecule has 0 saturated heterocycles. The first kappa shape index (κ1) is 22.2. The van der Waals surface area contributed by atoms with E-state index < -0.39 is 10.8 Å². The van der Waals surface area contributed by atoms with E-state index in [0.29, 0.717) is 25.5 Å². The molecular formula is C19H14Br2N4O4S. The predicted molar refractivity (Wildman–Crippen MR) is 122 cm³/mol. The minimum atomic E-state index is -0.576. The fraction of sp³-hybridized carbons (Fsp3) is 0.105. The predicted octanol–water partition coefficient (Wildman–Crippen LogP) is 4.70. The fourth-order valence-corrected chi connectivity index (χ4v) is 4.78. The zero-order chi connectivity index (χ0) is 21.8. The maximum atomic E-state index is 12.5. The van der Waals surface area contributed by atoms with Gasteiger partial charge < -0.3 is 5.32 Å². The number of nitrogens with zero attached hydrogens (tertiary/aromatic N) is 3. The fourth-order valence-electron chi connectivity index (χ4n) is 2.62. The molecule has 0 aliphatic rings. The maximum Gasteiger partial charge on any atom is 0.295 e. The summed E-state index contributed by atoms with van der Waals surface area (Å²) >= 11 is 7.50. The number of anilines is 1. The lowest BCUT2D eigenvalue weighted by atomic mass is 10.2. The Hall–Kier alpha value is -2.50. The Morgan fingerprint density at radius 1 is 1.23 bits per heavy atom. The summed E-state index contributed by atoms with van der Waals surface area (Å²) in [7, 11) is 0. The van der Waals surface area contributed by atoms with Crippen LogP contribution in [0.15, 0.2) is 67.4 Å². The summed E-state index contributed by atoms with van der Waals surface area (Å²) in [5.41, 5.74) is 0.712. The van der Waals surface area contributed by atoms with Gasteiger partial charge in [0.2, 0.25) is 5.91 Å². The van der Waals surface area contributed by atoms with Crippen LogP contribution in [0, 0.1) is 17.0 Å². The van der Waals surface area contributed by atoms with Crippen molar-refractivity contribution in [1.82, 2.24) is 9.55 Å². The van der Waals surface area contributed by atoms with Crippen molar-refractivity contribution in [2.45, 2.75) is 12.1 Å². The van der Waals surface area contributed by atoms with Crippen LogP contribution in [0.25, 0.3) is 5.69 Å². The van der Waals surface area contributed by atoms with Gasteiger partial charge in [-0.15, -0.1) is 0 Å². The molecule has 3 rings (SSSR count). The number of aryl methyl sites for hydroxylation is 1. The molecule has 0 unspecified atom stereocenters. The molecule has 1 amide bonds. The van der Waals surface area contributed by atoms with Gasteiger partial charge in [-0.2, -0.15) is 0 Å². The van der Waals surface area contributed by atoms with Crippen LogP contribution >= 0.6 is 43.6 Å². The van der Waals surface area contributed by atoms with E-state index in [0.717, 1.165) is 11.8 Å². The number of nitrogens with one attached hydrogen (secondary N) is 1. The third-order valence-corrected chi connectivity index (χ3v) is 5.88. The molecule has 1 N–H and O–H groups in total. The van der Waals surface area contributed by atoms with Gasteiger partial charge in [0.05, 0.1) is 16.4 Å². The van der Waals surface area contributed by atoms with Gasteiger partial charge in [0.15, 0.2) is 5.16 Å². The Labute approximate surface area is 192 Å². The quantitative estimate of drug-likeness (QED) is 0.205. The van der Waals surface area contributed by atoms with E-state index in [4.69, 9.17) is 0 Å². The van der Waals surface area contributed by atoms with Crippen molar-refractivity contribution in [1.29, 1.82) is 0 Å². The van der Waals surface area contributed by atoms with Crippen LogP contribution < -0.4 is 10.9 Å². The molecule has 1 heterocycles. The Morgan fingerprint density at radius 2 is 1.93 bits per heavy atom. The van der Waals surface area contributed by atoms with E-state index >= 15 is 0 Å². The molecule has 0 bridgehead atoms. The van der Waals surface area contributed by atoms with E-state index in [9.17, 15) is 19.7 Å². The summed E-state index contributed by atoms with van der Waals surface area (Å²) in [6.07, 6.45) is 0. The van der Waals surface area contributed by atoms with Crippen LogP contribution in [-0.2, 0) is 4.79 Å². The molecule has 0 fully saturated rings. The lowest BCUT2D eigenvalue weighted by Crippen LogP contribution is -2.22. The summed E-state index contributed by atoms with van der Waals surface area (Å²) in [6, 6.07) is 13.3. The molecule has 0 aliphatic heterocycles. The largest absolute Gasteiger partial charge is 0.319 e. The molecule has 0 saturated carbocycles. The highest BCUT2D eigenvalue weighted by Crippen LogP contribution is 2.36. The van der Waals surface area contributed by atoms with E-state index in [1.54, 1.807) is 37.3 Å². The van der Waals surface area contributed by atoms with Crippen LogP contribution in [0.4, 0.5) is 11.4 Å².